The minimum absolute atomic E-state index is 0.178. The number of nitrogens with zero attached hydrogens (tertiary/aromatic N) is 4. The van der Waals surface area contributed by atoms with Gasteiger partial charge in [0.1, 0.15) is 0 Å². The van der Waals surface area contributed by atoms with Crippen molar-refractivity contribution in [1.29, 1.82) is 0 Å². The first-order valence-corrected chi connectivity index (χ1v) is 9.32. The first-order chi connectivity index (χ1) is 12.6. The second-order valence-electron chi connectivity index (χ2n) is 6.70. The van der Waals surface area contributed by atoms with Crippen molar-refractivity contribution in [3.05, 3.63) is 44.1 Å². The van der Waals surface area contributed by atoms with Crippen LogP contribution in [0.1, 0.15) is 25.7 Å². The van der Waals surface area contributed by atoms with E-state index in [-0.39, 0.29) is 5.69 Å². The summed E-state index contributed by atoms with van der Waals surface area (Å²) in [5, 5.41) is 0.579. The van der Waals surface area contributed by atoms with Crippen LogP contribution in [-0.4, -0.2) is 44.1 Å². The Morgan fingerprint density at radius 1 is 1.08 bits per heavy atom. The number of aryl methyl sites for hydroxylation is 1. The van der Waals surface area contributed by atoms with Crippen molar-refractivity contribution >= 4 is 22.6 Å². The van der Waals surface area contributed by atoms with Crippen LogP contribution in [0.3, 0.4) is 0 Å². The standard InChI is InChI=1S/C18H20ClN5O2/c19-12-5-6-13-14(11-12)24(10-4-9-23-7-2-1-3-8-23)16-15(20-13)17(25)22-18(26)21-16/h5-6,11H,1-4,7-10H2,(H,22,25,26). The Bertz CT molecular complexity index is 1020. The number of piperidine rings is 1. The van der Waals surface area contributed by atoms with Crippen molar-refractivity contribution < 1.29 is 0 Å². The van der Waals surface area contributed by atoms with Crippen molar-refractivity contribution in [1.82, 2.24) is 24.4 Å². The Hall–Kier alpha value is -2.25. The third kappa shape index (κ3) is 3.37. The van der Waals surface area contributed by atoms with Gasteiger partial charge in [0.15, 0.2) is 11.5 Å². The fraction of sp³-hybridized carbons (Fsp3) is 0.444. The number of hydrogen-bond donors (Lipinski definition) is 1. The predicted octanol–water partition coefficient (Wildman–Crippen LogP) is 2.11. The van der Waals surface area contributed by atoms with E-state index in [0.29, 0.717) is 22.9 Å². The molecular weight excluding hydrogens is 354 g/mol. The molecule has 1 aromatic carbocycles. The number of aromatic nitrogens is 4. The average Bonchev–Trinajstić information content (AvgIpc) is 2.63. The Kier molecular flexibility index (Phi) is 4.74. The molecule has 0 saturated carbocycles. The van der Waals surface area contributed by atoms with Gasteiger partial charge in [-0.2, -0.15) is 4.98 Å². The van der Waals surface area contributed by atoms with E-state index in [0.717, 1.165) is 31.6 Å². The predicted molar refractivity (Wildman–Crippen MR) is 101 cm³/mol. The number of benzene rings is 1. The Morgan fingerprint density at radius 2 is 1.88 bits per heavy atom. The zero-order valence-corrected chi connectivity index (χ0v) is 15.1. The zero-order valence-electron chi connectivity index (χ0n) is 14.4. The summed E-state index contributed by atoms with van der Waals surface area (Å²) < 4.78 is 1.89. The molecule has 0 amide bonds. The minimum atomic E-state index is -0.657. The van der Waals surface area contributed by atoms with Crippen molar-refractivity contribution in [3.63, 3.8) is 0 Å². The summed E-state index contributed by atoms with van der Waals surface area (Å²) in [5.41, 5.74) is 0.446. The van der Waals surface area contributed by atoms with Crippen LogP contribution in [0.5, 0.6) is 0 Å². The highest BCUT2D eigenvalue weighted by Crippen LogP contribution is 2.24. The molecule has 0 aromatic heterocycles. The van der Waals surface area contributed by atoms with Crippen LogP contribution in [-0.2, 0) is 6.54 Å². The van der Waals surface area contributed by atoms with Crippen molar-refractivity contribution in [2.45, 2.75) is 32.2 Å². The number of fused-ring (bicyclic) bond motifs is 2. The molecule has 1 saturated heterocycles. The fourth-order valence-corrected chi connectivity index (χ4v) is 3.79. The van der Waals surface area contributed by atoms with Gasteiger partial charge in [-0.15, -0.1) is 0 Å². The van der Waals surface area contributed by atoms with Crippen molar-refractivity contribution in [2.75, 3.05) is 19.6 Å². The largest absolute Gasteiger partial charge is 0.349 e. The second kappa shape index (κ2) is 7.17. The first-order valence-electron chi connectivity index (χ1n) is 8.94. The Morgan fingerprint density at radius 3 is 2.69 bits per heavy atom. The summed E-state index contributed by atoms with van der Waals surface area (Å²) in [4.78, 5) is 37.0. The summed E-state index contributed by atoms with van der Waals surface area (Å²) in [6, 6.07) is 5.32. The molecule has 3 aliphatic heterocycles. The molecule has 26 heavy (non-hydrogen) atoms. The molecule has 0 unspecified atom stereocenters. The van der Waals surface area contributed by atoms with Gasteiger partial charge in [0.2, 0.25) is 0 Å². The SMILES string of the molecule is O=c1nc2n(CCCN3CCCCC3)c3cc(Cl)ccc3nc-2c(=O)[nH]1. The van der Waals surface area contributed by atoms with Gasteiger partial charge in [-0.05, 0) is 57.1 Å². The zero-order chi connectivity index (χ0) is 18.1. The molecule has 1 fully saturated rings. The molecule has 4 rings (SSSR count). The molecule has 0 spiro atoms. The van der Waals surface area contributed by atoms with Crippen LogP contribution < -0.4 is 11.2 Å². The van der Waals surface area contributed by atoms with Gasteiger partial charge in [-0.3, -0.25) is 9.78 Å². The molecule has 136 valence electrons. The van der Waals surface area contributed by atoms with Crippen LogP contribution in [0.2, 0.25) is 5.02 Å². The lowest BCUT2D eigenvalue weighted by atomic mass is 10.1. The molecule has 1 N–H and O–H groups in total. The molecule has 0 aliphatic carbocycles. The second-order valence-corrected chi connectivity index (χ2v) is 7.13. The minimum Gasteiger partial charge on any atom is -0.322 e. The Balaban J connectivity index is 1.74. The van der Waals surface area contributed by atoms with Gasteiger partial charge in [0.05, 0.1) is 11.0 Å². The molecule has 0 radical (unpaired) electrons. The highest BCUT2D eigenvalue weighted by atomic mass is 35.5. The van der Waals surface area contributed by atoms with E-state index < -0.39 is 11.2 Å². The van der Waals surface area contributed by atoms with Crippen molar-refractivity contribution in [2.24, 2.45) is 0 Å². The average molecular weight is 374 g/mol. The molecule has 3 heterocycles. The number of aromatic amines is 1. The first kappa shape index (κ1) is 17.2. The lowest BCUT2D eigenvalue weighted by molar-refractivity contribution is 0.223. The van der Waals surface area contributed by atoms with Crippen LogP contribution in [0.25, 0.3) is 22.6 Å². The number of H-pyrrole nitrogens is 1. The van der Waals surface area contributed by atoms with E-state index in [2.05, 4.69) is 19.9 Å². The lowest BCUT2D eigenvalue weighted by Gasteiger charge is -2.26. The van der Waals surface area contributed by atoms with Gasteiger partial charge in [-0.25, -0.2) is 9.78 Å². The molecular formula is C18H20ClN5O2. The summed E-state index contributed by atoms with van der Waals surface area (Å²) in [7, 11) is 0. The summed E-state index contributed by atoms with van der Waals surface area (Å²) >= 11 is 6.16. The third-order valence-corrected chi connectivity index (χ3v) is 5.11. The monoisotopic (exact) mass is 373 g/mol. The summed E-state index contributed by atoms with van der Waals surface area (Å²) in [6.07, 6.45) is 4.71. The van der Waals surface area contributed by atoms with Crippen LogP contribution in [0, 0.1) is 0 Å². The van der Waals surface area contributed by atoms with E-state index in [4.69, 9.17) is 11.6 Å². The molecule has 3 aliphatic rings. The number of hydrogen-bond acceptors (Lipinski definition) is 5. The smallest absolute Gasteiger partial charge is 0.322 e. The topological polar surface area (TPSA) is 83.9 Å². The number of halogens is 1. The van der Waals surface area contributed by atoms with Crippen LogP contribution in [0.4, 0.5) is 0 Å². The maximum absolute atomic E-state index is 12.2. The number of rotatable bonds is 4. The third-order valence-electron chi connectivity index (χ3n) is 4.88. The Labute approximate surface area is 155 Å². The van der Waals surface area contributed by atoms with E-state index in [1.54, 1.807) is 18.2 Å². The van der Waals surface area contributed by atoms with E-state index in [1.807, 2.05) is 4.57 Å². The van der Waals surface area contributed by atoms with Gasteiger partial charge < -0.3 is 9.47 Å². The summed E-state index contributed by atoms with van der Waals surface area (Å²) in [6.45, 7) is 3.89. The summed E-state index contributed by atoms with van der Waals surface area (Å²) in [5.74, 6) is 0.312. The molecule has 0 atom stereocenters. The van der Waals surface area contributed by atoms with Gasteiger partial charge in [0, 0.05) is 11.6 Å². The number of nitrogens with one attached hydrogen (secondary N) is 1. The molecule has 1 aromatic rings. The maximum atomic E-state index is 12.2. The van der Waals surface area contributed by atoms with E-state index >= 15 is 0 Å². The molecule has 0 bridgehead atoms. The van der Waals surface area contributed by atoms with Gasteiger partial charge in [-0.1, -0.05) is 18.0 Å². The highest BCUT2D eigenvalue weighted by molar-refractivity contribution is 6.31. The normalized spacial score (nSPS) is 15.7. The van der Waals surface area contributed by atoms with Gasteiger partial charge in [0.25, 0.3) is 5.56 Å². The maximum Gasteiger partial charge on any atom is 0.349 e. The molecule has 7 nitrogen and oxygen atoms in total. The quantitative estimate of drug-likeness (QED) is 0.708. The fourth-order valence-electron chi connectivity index (χ4n) is 3.63. The highest BCUT2D eigenvalue weighted by Gasteiger charge is 2.19. The van der Waals surface area contributed by atoms with Gasteiger partial charge >= 0.3 is 5.69 Å². The molecule has 8 heteroatoms. The van der Waals surface area contributed by atoms with Crippen LogP contribution >= 0.6 is 11.6 Å². The number of likely N-dealkylation sites (tertiary alicyclic amines) is 1. The lowest BCUT2D eigenvalue weighted by Crippen LogP contribution is -2.32. The van der Waals surface area contributed by atoms with E-state index in [1.165, 1.54) is 19.3 Å². The van der Waals surface area contributed by atoms with Crippen molar-refractivity contribution in [3.8, 4) is 11.5 Å². The van der Waals surface area contributed by atoms with E-state index in [9.17, 15) is 9.59 Å². The van der Waals surface area contributed by atoms with Crippen LogP contribution in [0.15, 0.2) is 27.8 Å².